The van der Waals surface area contributed by atoms with Gasteiger partial charge in [0.15, 0.2) is 0 Å². The number of phenolic OH excluding ortho intramolecular Hbond substituents is 1. The van der Waals surface area contributed by atoms with Gasteiger partial charge in [-0.1, -0.05) is 18.6 Å². The van der Waals surface area contributed by atoms with Gasteiger partial charge in [-0.25, -0.2) is 4.39 Å². The molecule has 2 aromatic carbocycles. The van der Waals surface area contributed by atoms with Crippen LogP contribution in [-0.2, 0) is 0 Å². The van der Waals surface area contributed by atoms with E-state index in [1.807, 2.05) is 0 Å². The van der Waals surface area contributed by atoms with Crippen LogP contribution in [0.1, 0.15) is 36.4 Å². The summed E-state index contributed by atoms with van der Waals surface area (Å²) in [6, 6.07) is 9.82. The lowest BCUT2D eigenvalue weighted by Crippen LogP contribution is -2.34. The Labute approximate surface area is 146 Å². The van der Waals surface area contributed by atoms with Crippen molar-refractivity contribution in [2.45, 2.75) is 25.3 Å². The molecule has 128 valence electrons. The summed E-state index contributed by atoms with van der Waals surface area (Å²) in [4.78, 5) is 11.2. The molecule has 2 heterocycles. The maximum atomic E-state index is 13.4. The summed E-state index contributed by atoms with van der Waals surface area (Å²) < 4.78 is 13.4. The number of fused-ring (bicyclic) bond motifs is 1. The maximum Gasteiger partial charge on any atom is 0.123 e. The van der Waals surface area contributed by atoms with Gasteiger partial charge >= 0.3 is 0 Å². The highest BCUT2D eigenvalue weighted by Crippen LogP contribution is 2.39. The van der Waals surface area contributed by atoms with Crippen LogP contribution >= 0.6 is 0 Å². The van der Waals surface area contributed by atoms with Crippen molar-refractivity contribution < 1.29 is 9.50 Å². The van der Waals surface area contributed by atoms with Crippen LogP contribution in [0.2, 0.25) is 0 Å². The molecule has 1 unspecified atom stereocenters. The van der Waals surface area contributed by atoms with Crippen molar-refractivity contribution in [3.63, 3.8) is 0 Å². The number of hydrogen-bond acceptors (Lipinski definition) is 4. The van der Waals surface area contributed by atoms with Gasteiger partial charge in [-0.05, 0) is 55.8 Å². The Morgan fingerprint density at radius 2 is 1.64 bits per heavy atom. The Hall–Kier alpha value is -2.53. The van der Waals surface area contributed by atoms with E-state index in [9.17, 15) is 9.50 Å². The van der Waals surface area contributed by atoms with Gasteiger partial charge in [0.2, 0.25) is 0 Å². The molecule has 1 aromatic heterocycles. The number of piperidine rings is 1. The van der Waals surface area contributed by atoms with Gasteiger partial charge in [-0.15, -0.1) is 0 Å². The molecule has 0 spiro atoms. The number of phenols is 1. The second-order valence-corrected chi connectivity index (χ2v) is 6.47. The topological polar surface area (TPSA) is 49.3 Å². The average Bonchev–Trinajstić information content (AvgIpc) is 2.66. The van der Waals surface area contributed by atoms with Crippen molar-refractivity contribution in [2.24, 2.45) is 0 Å². The molecular weight excluding hydrogens is 317 g/mol. The number of benzene rings is 2. The summed E-state index contributed by atoms with van der Waals surface area (Å²) in [5.41, 5.74) is 3.15. The third-order valence-electron chi connectivity index (χ3n) is 4.87. The molecule has 25 heavy (non-hydrogen) atoms. The van der Waals surface area contributed by atoms with E-state index in [0.29, 0.717) is 5.52 Å². The van der Waals surface area contributed by atoms with E-state index in [1.54, 1.807) is 36.7 Å². The predicted octanol–water partition coefficient (Wildman–Crippen LogP) is 4.05. The minimum atomic E-state index is -0.261. The summed E-state index contributed by atoms with van der Waals surface area (Å²) in [5, 5.41) is 10.7. The van der Waals surface area contributed by atoms with Gasteiger partial charge in [0, 0.05) is 18.0 Å². The normalized spacial score (nSPS) is 16.8. The van der Waals surface area contributed by atoms with Crippen LogP contribution in [0.25, 0.3) is 11.0 Å². The molecular formula is C20H20FN3O. The maximum absolute atomic E-state index is 13.4. The molecule has 1 aliphatic heterocycles. The third kappa shape index (κ3) is 3.07. The number of halogens is 1. The van der Waals surface area contributed by atoms with E-state index in [0.717, 1.165) is 42.6 Å². The monoisotopic (exact) mass is 337 g/mol. The van der Waals surface area contributed by atoms with E-state index in [4.69, 9.17) is 0 Å². The highest BCUT2D eigenvalue weighted by Gasteiger charge is 2.28. The molecule has 4 rings (SSSR count). The van der Waals surface area contributed by atoms with Gasteiger partial charge in [0.25, 0.3) is 0 Å². The third-order valence-corrected chi connectivity index (χ3v) is 4.87. The van der Waals surface area contributed by atoms with E-state index in [1.165, 1.54) is 18.6 Å². The molecule has 1 fully saturated rings. The Kier molecular flexibility index (Phi) is 4.32. The van der Waals surface area contributed by atoms with Gasteiger partial charge in [-0.3, -0.25) is 14.9 Å². The number of hydrogen-bond donors (Lipinski definition) is 1. The summed E-state index contributed by atoms with van der Waals surface area (Å²) >= 11 is 0. The summed E-state index contributed by atoms with van der Waals surface area (Å²) in [7, 11) is 0. The van der Waals surface area contributed by atoms with E-state index >= 15 is 0 Å². The van der Waals surface area contributed by atoms with Crippen LogP contribution in [-0.4, -0.2) is 33.1 Å². The minimum Gasteiger partial charge on any atom is -0.508 e. The lowest BCUT2D eigenvalue weighted by Gasteiger charge is -2.35. The molecule has 1 atom stereocenters. The van der Waals surface area contributed by atoms with Crippen LogP contribution < -0.4 is 0 Å². The number of aromatic hydroxyl groups is 1. The van der Waals surface area contributed by atoms with Crippen molar-refractivity contribution >= 4 is 11.0 Å². The van der Waals surface area contributed by atoms with Crippen molar-refractivity contribution in [1.29, 1.82) is 0 Å². The van der Waals surface area contributed by atoms with E-state index in [2.05, 4.69) is 14.9 Å². The smallest absolute Gasteiger partial charge is 0.123 e. The summed E-state index contributed by atoms with van der Waals surface area (Å²) in [6.45, 7) is 1.89. The average molecular weight is 337 g/mol. The zero-order chi connectivity index (χ0) is 17.2. The number of likely N-dealkylation sites (tertiary alicyclic amines) is 1. The van der Waals surface area contributed by atoms with Gasteiger partial charge in [0.1, 0.15) is 11.6 Å². The van der Waals surface area contributed by atoms with E-state index < -0.39 is 0 Å². The lowest BCUT2D eigenvalue weighted by atomic mass is 9.93. The molecule has 0 radical (unpaired) electrons. The zero-order valence-corrected chi connectivity index (χ0v) is 13.9. The lowest BCUT2D eigenvalue weighted by molar-refractivity contribution is 0.185. The SMILES string of the molecule is Oc1ccc2nccnc2c1C(c1ccc(F)cc1)N1CCCCC1. The predicted molar refractivity (Wildman–Crippen MR) is 94.9 cm³/mol. The van der Waals surface area contributed by atoms with Crippen molar-refractivity contribution in [3.8, 4) is 5.75 Å². The van der Waals surface area contributed by atoms with Gasteiger partial charge in [0.05, 0.1) is 17.1 Å². The van der Waals surface area contributed by atoms with E-state index in [-0.39, 0.29) is 17.6 Å². The first kappa shape index (κ1) is 16.0. The van der Waals surface area contributed by atoms with Crippen LogP contribution in [0.5, 0.6) is 5.75 Å². The van der Waals surface area contributed by atoms with Crippen LogP contribution in [0.4, 0.5) is 4.39 Å². The van der Waals surface area contributed by atoms with Crippen molar-refractivity contribution in [3.05, 3.63) is 65.7 Å². The fourth-order valence-electron chi connectivity index (χ4n) is 3.70. The first-order chi connectivity index (χ1) is 12.2. The highest BCUT2D eigenvalue weighted by atomic mass is 19.1. The summed E-state index contributed by atoms with van der Waals surface area (Å²) in [5.74, 6) is -0.0593. The Morgan fingerprint density at radius 1 is 0.920 bits per heavy atom. The summed E-state index contributed by atoms with van der Waals surface area (Å²) in [6.07, 6.45) is 6.75. The molecule has 0 saturated carbocycles. The molecule has 1 aliphatic rings. The fourth-order valence-corrected chi connectivity index (χ4v) is 3.70. The molecule has 5 heteroatoms. The minimum absolute atomic E-state index is 0.165. The van der Waals surface area contributed by atoms with Crippen LogP contribution in [0, 0.1) is 5.82 Å². The second kappa shape index (κ2) is 6.76. The molecule has 0 amide bonds. The quantitative estimate of drug-likeness (QED) is 0.783. The van der Waals surface area contributed by atoms with Crippen LogP contribution in [0.3, 0.4) is 0 Å². The molecule has 4 nitrogen and oxygen atoms in total. The first-order valence-electron chi connectivity index (χ1n) is 8.66. The zero-order valence-electron chi connectivity index (χ0n) is 13.9. The molecule has 1 saturated heterocycles. The Balaban J connectivity index is 1.91. The molecule has 0 bridgehead atoms. The highest BCUT2D eigenvalue weighted by molar-refractivity contribution is 5.81. The number of rotatable bonds is 3. The molecule has 1 N–H and O–H groups in total. The van der Waals surface area contributed by atoms with Crippen molar-refractivity contribution in [1.82, 2.24) is 14.9 Å². The Morgan fingerprint density at radius 3 is 2.40 bits per heavy atom. The first-order valence-corrected chi connectivity index (χ1v) is 8.66. The standard InChI is InChI=1S/C20H20FN3O/c21-15-6-4-14(5-7-15)20(24-12-2-1-3-13-24)18-17(25)9-8-16-19(18)23-11-10-22-16/h4-11,20,25H,1-3,12-13H2. The van der Waals surface area contributed by atoms with Crippen LogP contribution in [0.15, 0.2) is 48.8 Å². The number of aromatic nitrogens is 2. The number of nitrogens with zero attached hydrogens (tertiary/aromatic N) is 3. The Bertz CT molecular complexity index is 876. The van der Waals surface area contributed by atoms with Crippen molar-refractivity contribution in [2.75, 3.05) is 13.1 Å². The molecule has 3 aromatic rings. The largest absolute Gasteiger partial charge is 0.508 e. The van der Waals surface area contributed by atoms with Gasteiger partial charge in [-0.2, -0.15) is 0 Å². The fraction of sp³-hybridized carbons (Fsp3) is 0.300. The second-order valence-electron chi connectivity index (χ2n) is 6.47. The van der Waals surface area contributed by atoms with Gasteiger partial charge < -0.3 is 5.11 Å². The molecule has 0 aliphatic carbocycles.